The summed E-state index contributed by atoms with van der Waals surface area (Å²) in [6.07, 6.45) is 2.89. The summed E-state index contributed by atoms with van der Waals surface area (Å²) in [6.45, 7) is 0.740. The van der Waals surface area contributed by atoms with E-state index in [4.69, 9.17) is 9.15 Å². The van der Waals surface area contributed by atoms with Gasteiger partial charge in [0.1, 0.15) is 5.75 Å². The highest BCUT2D eigenvalue weighted by molar-refractivity contribution is 5.95. The zero-order valence-corrected chi connectivity index (χ0v) is 10.7. The molecular formula is C15H13NO4. The van der Waals surface area contributed by atoms with Crippen LogP contribution in [0, 0.1) is 0 Å². The molecule has 1 amide bonds. The van der Waals surface area contributed by atoms with E-state index in [0.717, 1.165) is 18.7 Å². The maximum absolute atomic E-state index is 11.7. The summed E-state index contributed by atoms with van der Waals surface area (Å²) >= 11 is 0. The zero-order chi connectivity index (χ0) is 13.9. The number of rotatable bonds is 3. The van der Waals surface area contributed by atoms with E-state index >= 15 is 0 Å². The van der Waals surface area contributed by atoms with Crippen LogP contribution in [0.2, 0.25) is 0 Å². The smallest absolute Gasteiger partial charge is 0.379 e. The van der Waals surface area contributed by atoms with E-state index in [1.807, 2.05) is 0 Å². The van der Waals surface area contributed by atoms with Gasteiger partial charge < -0.3 is 14.1 Å². The molecular weight excluding hydrogens is 258 g/mol. The van der Waals surface area contributed by atoms with Crippen molar-refractivity contribution in [2.45, 2.75) is 12.8 Å². The maximum atomic E-state index is 11.7. The van der Waals surface area contributed by atoms with Crippen LogP contribution in [-0.2, 0) is 4.79 Å². The van der Waals surface area contributed by atoms with Gasteiger partial charge in [-0.05, 0) is 42.8 Å². The van der Waals surface area contributed by atoms with Gasteiger partial charge in [0.15, 0.2) is 0 Å². The Morgan fingerprint density at radius 1 is 1.20 bits per heavy atom. The van der Waals surface area contributed by atoms with Crippen LogP contribution in [0.1, 0.15) is 23.4 Å². The second-order valence-corrected chi connectivity index (χ2v) is 4.51. The molecule has 0 aliphatic carbocycles. The maximum Gasteiger partial charge on any atom is 0.379 e. The lowest BCUT2D eigenvalue weighted by molar-refractivity contribution is -0.117. The number of anilines is 1. The molecule has 0 atom stereocenters. The van der Waals surface area contributed by atoms with E-state index in [1.54, 1.807) is 41.3 Å². The molecule has 1 fully saturated rings. The van der Waals surface area contributed by atoms with Crippen molar-refractivity contribution in [1.29, 1.82) is 0 Å². The largest absolute Gasteiger partial charge is 0.457 e. The van der Waals surface area contributed by atoms with Gasteiger partial charge in [0.25, 0.3) is 0 Å². The topological polar surface area (TPSA) is 59.8 Å². The quantitative estimate of drug-likeness (QED) is 0.636. The Kier molecular flexibility index (Phi) is 3.25. The van der Waals surface area contributed by atoms with E-state index in [9.17, 15) is 9.59 Å². The summed E-state index contributed by atoms with van der Waals surface area (Å²) in [5.74, 6) is 0.163. The van der Waals surface area contributed by atoms with Gasteiger partial charge in [-0.15, -0.1) is 0 Å². The molecule has 0 bridgehead atoms. The van der Waals surface area contributed by atoms with Gasteiger partial charge in [0, 0.05) is 18.7 Å². The van der Waals surface area contributed by atoms with E-state index < -0.39 is 5.97 Å². The molecule has 5 nitrogen and oxygen atoms in total. The second-order valence-electron chi connectivity index (χ2n) is 4.51. The highest BCUT2D eigenvalue weighted by Crippen LogP contribution is 2.24. The number of ether oxygens (including phenoxy) is 1. The lowest BCUT2D eigenvalue weighted by atomic mass is 10.3. The van der Waals surface area contributed by atoms with Crippen LogP contribution in [0.15, 0.2) is 47.1 Å². The summed E-state index contributed by atoms with van der Waals surface area (Å²) in [7, 11) is 0. The standard InChI is InChI=1S/C15H13NO4/c17-14-4-1-9-16(14)11-5-7-12(8-6-11)20-15(18)13-3-2-10-19-13/h2-3,5-8,10H,1,4,9H2. The van der Waals surface area contributed by atoms with Crippen LogP contribution in [0.25, 0.3) is 0 Å². The molecule has 1 aromatic heterocycles. The summed E-state index contributed by atoms with van der Waals surface area (Å²) in [4.78, 5) is 25.0. The Morgan fingerprint density at radius 3 is 2.60 bits per heavy atom. The lowest BCUT2D eigenvalue weighted by Gasteiger charge is -2.15. The van der Waals surface area contributed by atoms with E-state index in [0.29, 0.717) is 12.2 Å². The van der Waals surface area contributed by atoms with Crippen molar-refractivity contribution in [3.8, 4) is 5.75 Å². The van der Waals surface area contributed by atoms with E-state index in [2.05, 4.69) is 0 Å². The predicted molar refractivity (Wildman–Crippen MR) is 71.7 cm³/mol. The average Bonchev–Trinajstić information content (AvgIpc) is 3.11. The van der Waals surface area contributed by atoms with Crippen LogP contribution >= 0.6 is 0 Å². The lowest BCUT2D eigenvalue weighted by Crippen LogP contribution is -2.23. The first-order valence-corrected chi connectivity index (χ1v) is 6.40. The molecule has 1 aliphatic rings. The third-order valence-electron chi connectivity index (χ3n) is 3.15. The molecule has 102 valence electrons. The molecule has 0 spiro atoms. The van der Waals surface area contributed by atoms with E-state index in [-0.39, 0.29) is 11.7 Å². The van der Waals surface area contributed by atoms with Gasteiger partial charge in [-0.2, -0.15) is 0 Å². The first kappa shape index (κ1) is 12.5. The van der Waals surface area contributed by atoms with Gasteiger partial charge in [-0.3, -0.25) is 4.79 Å². The molecule has 2 heterocycles. The number of furan rings is 1. The summed E-state index contributed by atoms with van der Waals surface area (Å²) in [5.41, 5.74) is 0.824. The Morgan fingerprint density at radius 2 is 2.00 bits per heavy atom. The molecule has 0 N–H and O–H groups in total. The Labute approximate surface area is 115 Å². The molecule has 2 aromatic rings. The molecule has 20 heavy (non-hydrogen) atoms. The average molecular weight is 271 g/mol. The second kappa shape index (κ2) is 5.21. The Balaban J connectivity index is 1.70. The number of amides is 1. The van der Waals surface area contributed by atoms with E-state index in [1.165, 1.54) is 6.26 Å². The normalized spacial score (nSPS) is 14.6. The van der Waals surface area contributed by atoms with Crippen molar-refractivity contribution < 1.29 is 18.7 Å². The van der Waals surface area contributed by atoms with Crippen molar-refractivity contribution in [3.05, 3.63) is 48.4 Å². The molecule has 1 aliphatic heterocycles. The minimum absolute atomic E-state index is 0.130. The molecule has 1 saturated heterocycles. The predicted octanol–water partition coefficient (Wildman–Crippen LogP) is 2.63. The molecule has 5 heteroatoms. The monoisotopic (exact) mass is 271 g/mol. The van der Waals surface area contributed by atoms with Crippen LogP contribution < -0.4 is 9.64 Å². The fourth-order valence-corrected chi connectivity index (χ4v) is 2.17. The number of carbonyl (C=O) groups is 2. The van der Waals surface area contributed by atoms with Gasteiger partial charge in [-0.25, -0.2) is 4.79 Å². The first-order chi connectivity index (χ1) is 9.74. The van der Waals surface area contributed by atoms with Gasteiger partial charge >= 0.3 is 5.97 Å². The zero-order valence-electron chi connectivity index (χ0n) is 10.7. The Bertz CT molecular complexity index is 616. The number of hydrogen-bond acceptors (Lipinski definition) is 4. The van der Waals surface area contributed by atoms with Crippen molar-refractivity contribution in [3.63, 3.8) is 0 Å². The van der Waals surface area contributed by atoms with Gasteiger partial charge in [-0.1, -0.05) is 0 Å². The van der Waals surface area contributed by atoms with Gasteiger partial charge in [0.2, 0.25) is 11.7 Å². The van der Waals surface area contributed by atoms with Crippen molar-refractivity contribution in [1.82, 2.24) is 0 Å². The molecule has 0 radical (unpaired) electrons. The SMILES string of the molecule is O=C(Oc1ccc(N2CCCC2=O)cc1)c1ccco1. The highest BCUT2D eigenvalue weighted by atomic mass is 16.5. The molecule has 1 aromatic carbocycles. The molecule has 0 saturated carbocycles. The highest BCUT2D eigenvalue weighted by Gasteiger charge is 2.21. The van der Waals surface area contributed by atoms with Crippen LogP contribution in [0.3, 0.4) is 0 Å². The third kappa shape index (κ3) is 2.42. The summed E-state index contributed by atoms with van der Waals surface area (Å²) < 4.78 is 10.1. The number of hydrogen-bond donors (Lipinski definition) is 0. The fraction of sp³-hybridized carbons (Fsp3) is 0.200. The fourth-order valence-electron chi connectivity index (χ4n) is 2.17. The summed E-state index contributed by atoms with van der Waals surface area (Å²) in [5, 5.41) is 0. The van der Waals surface area contributed by atoms with Gasteiger partial charge in [0.05, 0.1) is 6.26 Å². The minimum atomic E-state index is -0.542. The molecule has 3 rings (SSSR count). The van der Waals surface area contributed by atoms with Crippen LogP contribution in [0.5, 0.6) is 5.75 Å². The van der Waals surface area contributed by atoms with Crippen molar-refractivity contribution in [2.75, 3.05) is 11.4 Å². The van der Waals surface area contributed by atoms with Crippen molar-refractivity contribution >= 4 is 17.6 Å². The van der Waals surface area contributed by atoms with Crippen molar-refractivity contribution in [2.24, 2.45) is 0 Å². The number of nitrogens with zero attached hydrogens (tertiary/aromatic N) is 1. The third-order valence-corrected chi connectivity index (χ3v) is 3.15. The minimum Gasteiger partial charge on any atom is -0.457 e. The van der Waals surface area contributed by atoms with Crippen LogP contribution in [-0.4, -0.2) is 18.4 Å². The number of benzene rings is 1. The number of esters is 1. The summed E-state index contributed by atoms with van der Waals surface area (Å²) in [6, 6.07) is 10.0. The Hall–Kier alpha value is -2.56. The van der Waals surface area contributed by atoms with Crippen LogP contribution in [0.4, 0.5) is 5.69 Å². The molecule has 0 unspecified atom stereocenters. The first-order valence-electron chi connectivity index (χ1n) is 6.40. The number of carbonyl (C=O) groups excluding carboxylic acids is 2.